The number of hydrogen-bond donors (Lipinski definition) is 1. The third-order valence-corrected chi connectivity index (χ3v) is 7.99. The molecule has 1 atom stereocenters. The molecule has 260 valence electrons. The molecule has 2 aromatic carbocycles. The van der Waals surface area contributed by atoms with Gasteiger partial charge in [0.1, 0.15) is 11.5 Å². The van der Waals surface area contributed by atoms with E-state index in [1.807, 2.05) is 13.8 Å². The number of amides is 2. The minimum Gasteiger partial charge on any atom is -0.493 e. The van der Waals surface area contributed by atoms with Gasteiger partial charge in [-0.3, -0.25) is 14.5 Å². The Morgan fingerprint density at radius 3 is 2.04 bits per heavy atom. The van der Waals surface area contributed by atoms with Gasteiger partial charge in [0.2, 0.25) is 5.91 Å². The highest BCUT2D eigenvalue weighted by Gasteiger charge is 2.71. The van der Waals surface area contributed by atoms with Gasteiger partial charge >= 0.3 is 12.4 Å². The Hall–Kier alpha value is -3.54. The zero-order valence-electron chi connectivity index (χ0n) is 27.5. The number of nitrogens with zero attached hydrogens (tertiary/aromatic N) is 1. The monoisotopic (exact) mass is 671 g/mol. The first kappa shape index (κ1) is 37.9. The van der Waals surface area contributed by atoms with Crippen molar-refractivity contribution in [3.8, 4) is 11.5 Å². The lowest BCUT2D eigenvalue weighted by Gasteiger charge is -2.35. The third kappa shape index (κ3) is 8.31. The number of imide groups is 1. The van der Waals surface area contributed by atoms with E-state index in [1.165, 1.54) is 6.08 Å². The lowest BCUT2D eigenvalue weighted by atomic mass is 9.79. The summed E-state index contributed by atoms with van der Waals surface area (Å²) in [5.41, 5.74) is -6.50. The molecule has 6 nitrogen and oxygen atoms in total. The minimum absolute atomic E-state index is 0.0205. The summed E-state index contributed by atoms with van der Waals surface area (Å²) in [4.78, 5) is 27.4. The van der Waals surface area contributed by atoms with Crippen LogP contribution in [-0.4, -0.2) is 53.4 Å². The molecule has 2 aromatic rings. The number of carbonyl (C=O) groups is 2. The van der Waals surface area contributed by atoms with Crippen molar-refractivity contribution in [1.82, 2.24) is 4.90 Å². The second-order valence-electron chi connectivity index (χ2n) is 12.8. The average molecular weight is 672 g/mol. The van der Waals surface area contributed by atoms with Gasteiger partial charge < -0.3 is 14.6 Å². The number of ether oxygens (including phenoxy) is 2. The number of benzene rings is 2. The predicted octanol–water partition coefficient (Wildman–Crippen LogP) is 7.98. The Bertz CT molecular complexity index is 1420. The van der Waals surface area contributed by atoms with Gasteiger partial charge in [0.05, 0.1) is 18.1 Å². The highest BCUT2D eigenvalue weighted by Crippen LogP contribution is 2.51. The molecule has 1 unspecified atom stereocenters. The quantitative estimate of drug-likeness (QED) is 0.125. The zero-order valence-corrected chi connectivity index (χ0v) is 27.5. The molecule has 1 heterocycles. The van der Waals surface area contributed by atoms with Gasteiger partial charge in [-0.1, -0.05) is 45.4 Å². The fraction of sp³-hybridized carbons (Fsp3) is 0.543. The highest BCUT2D eigenvalue weighted by molar-refractivity contribution is 6.09. The van der Waals surface area contributed by atoms with Crippen LogP contribution in [-0.2, 0) is 33.4 Å². The van der Waals surface area contributed by atoms with E-state index >= 15 is 0 Å². The fourth-order valence-corrected chi connectivity index (χ4v) is 5.59. The van der Waals surface area contributed by atoms with Crippen molar-refractivity contribution in [3.63, 3.8) is 0 Å². The minimum atomic E-state index is -6.01. The molecule has 0 saturated carbocycles. The molecular weight excluding hydrogens is 628 g/mol. The number of halogens is 6. The first-order valence-electron chi connectivity index (χ1n) is 15.7. The summed E-state index contributed by atoms with van der Waals surface area (Å²) in [5.74, 6) is -0.177. The zero-order chi connectivity index (χ0) is 35.4. The number of hydrogen-bond acceptors (Lipinski definition) is 5. The molecule has 12 heteroatoms. The lowest BCUT2D eigenvalue weighted by molar-refractivity contribution is -0.376. The Morgan fingerprint density at radius 1 is 0.915 bits per heavy atom. The molecule has 0 radical (unpaired) electrons. The first-order chi connectivity index (χ1) is 21.8. The van der Waals surface area contributed by atoms with Gasteiger partial charge in [-0.2, -0.15) is 26.3 Å². The highest BCUT2D eigenvalue weighted by atomic mass is 19.4. The van der Waals surface area contributed by atoms with Crippen LogP contribution in [0.4, 0.5) is 26.3 Å². The van der Waals surface area contributed by atoms with Crippen molar-refractivity contribution in [1.29, 1.82) is 0 Å². The average Bonchev–Trinajstić information content (AvgIpc) is 2.95. The molecule has 1 aliphatic rings. The summed E-state index contributed by atoms with van der Waals surface area (Å²) in [6.45, 7) is 10.9. The van der Waals surface area contributed by atoms with Crippen LogP contribution in [0.1, 0.15) is 83.1 Å². The van der Waals surface area contributed by atoms with Crippen molar-refractivity contribution >= 4 is 11.8 Å². The number of aryl methyl sites for hydroxylation is 1. The van der Waals surface area contributed by atoms with E-state index in [-0.39, 0.29) is 54.9 Å². The number of carbonyl (C=O) groups excluding carboxylic acids is 2. The molecule has 0 fully saturated rings. The summed E-state index contributed by atoms with van der Waals surface area (Å²) in [7, 11) is 0. The molecule has 2 amide bonds. The van der Waals surface area contributed by atoms with Crippen LogP contribution < -0.4 is 9.47 Å². The maximum absolute atomic E-state index is 13.7. The number of alkyl halides is 6. The molecule has 0 spiro atoms. The van der Waals surface area contributed by atoms with Crippen LogP contribution in [0.2, 0.25) is 0 Å². The normalized spacial score (nSPS) is 17.6. The van der Waals surface area contributed by atoms with Crippen LogP contribution in [0.25, 0.3) is 0 Å². The molecule has 0 bridgehead atoms. The van der Waals surface area contributed by atoms with E-state index < -0.39 is 40.7 Å². The van der Waals surface area contributed by atoms with Crippen molar-refractivity contribution in [2.45, 2.75) is 103 Å². The maximum Gasteiger partial charge on any atom is 0.430 e. The van der Waals surface area contributed by atoms with Crippen molar-refractivity contribution in [2.24, 2.45) is 5.92 Å². The maximum atomic E-state index is 13.7. The molecule has 0 aromatic heterocycles. The molecule has 47 heavy (non-hydrogen) atoms. The van der Waals surface area contributed by atoms with Crippen LogP contribution >= 0.6 is 0 Å². The van der Waals surface area contributed by atoms with Crippen molar-refractivity contribution in [3.05, 3.63) is 70.8 Å². The van der Waals surface area contributed by atoms with E-state index in [0.717, 1.165) is 17.0 Å². The topological polar surface area (TPSA) is 76.1 Å². The van der Waals surface area contributed by atoms with Gasteiger partial charge in [-0.25, -0.2) is 0 Å². The molecular formula is C35H43F6NO5. The molecule has 0 saturated heterocycles. The molecule has 1 aliphatic heterocycles. The standard InChI is InChI=1S/C35H43F6NO5/c1-7-10-24-20-27(33(45,34(36,37)38)35(39,40)41)21-25(19-22(2)3)30(24)46-18-9-8-17-42-29(43)15-16-32(6,31(42)44)26-11-13-28(14-12-26)47-23(4)5/h11-16,20-23,45H,7-10,17-19H2,1-6H3. The van der Waals surface area contributed by atoms with Gasteiger partial charge in [-0.15, -0.1) is 0 Å². The Labute approximate surface area is 271 Å². The summed E-state index contributed by atoms with van der Waals surface area (Å²) in [6.07, 6.45) is -7.81. The summed E-state index contributed by atoms with van der Waals surface area (Å²) >= 11 is 0. The number of aliphatic hydroxyl groups is 1. The lowest BCUT2D eigenvalue weighted by Crippen LogP contribution is -2.54. The van der Waals surface area contributed by atoms with Gasteiger partial charge in [0.25, 0.3) is 11.5 Å². The molecule has 3 rings (SSSR count). The van der Waals surface area contributed by atoms with E-state index in [1.54, 1.807) is 58.0 Å². The van der Waals surface area contributed by atoms with Gasteiger partial charge in [0, 0.05) is 18.2 Å². The van der Waals surface area contributed by atoms with Gasteiger partial charge in [0.15, 0.2) is 0 Å². The Kier molecular flexibility index (Phi) is 11.9. The van der Waals surface area contributed by atoms with Crippen LogP contribution in [0, 0.1) is 5.92 Å². The summed E-state index contributed by atoms with van der Waals surface area (Å²) < 4.78 is 94.1. The molecule has 1 N–H and O–H groups in total. The fourth-order valence-electron chi connectivity index (χ4n) is 5.59. The number of rotatable bonds is 14. The Balaban J connectivity index is 1.78. The largest absolute Gasteiger partial charge is 0.493 e. The predicted molar refractivity (Wildman–Crippen MR) is 165 cm³/mol. The molecule has 0 aliphatic carbocycles. The second-order valence-corrected chi connectivity index (χ2v) is 12.8. The second kappa shape index (κ2) is 14.7. The van der Waals surface area contributed by atoms with E-state index in [0.29, 0.717) is 30.6 Å². The number of unbranched alkanes of at least 4 members (excludes halogenated alkanes) is 1. The van der Waals surface area contributed by atoms with E-state index in [9.17, 15) is 41.0 Å². The first-order valence-corrected chi connectivity index (χ1v) is 15.7. The Morgan fingerprint density at radius 2 is 1.51 bits per heavy atom. The summed E-state index contributed by atoms with van der Waals surface area (Å²) in [5, 5.41) is 10.1. The van der Waals surface area contributed by atoms with Crippen LogP contribution in [0.15, 0.2) is 48.6 Å². The van der Waals surface area contributed by atoms with E-state index in [2.05, 4.69) is 0 Å². The third-order valence-electron chi connectivity index (χ3n) is 7.99. The van der Waals surface area contributed by atoms with Crippen LogP contribution in [0.5, 0.6) is 11.5 Å². The van der Waals surface area contributed by atoms with Crippen molar-refractivity contribution in [2.75, 3.05) is 13.2 Å². The van der Waals surface area contributed by atoms with Crippen LogP contribution in [0.3, 0.4) is 0 Å². The van der Waals surface area contributed by atoms with Crippen molar-refractivity contribution < 1.29 is 50.5 Å². The van der Waals surface area contributed by atoms with E-state index in [4.69, 9.17) is 9.47 Å². The summed E-state index contributed by atoms with van der Waals surface area (Å²) in [6, 6.07) is 8.54. The smallest absolute Gasteiger partial charge is 0.430 e. The SMILES string of the molecule is CCCc1cc(C(O)(C(F)(F)F)C(F)(F)F)cc(CC(C)C)c1OCCCCN1C(=O)C=CC(C)(c2ccc(OC(C)C)cc2)C1=O. The van der Waals surface area contributed by atoms with Gasteiger partial charge in [-0.05, 0) is 93.3 Å².